The summed E-state index contributed by atoms with van der Waals surface area (Å²) in [4.78, 5) is 10.9. The summed E-state index contributed by atoms with van der Waals surface area (Å²) in [6.45, 7) is 0.734. The van der Waals surface area contributed by atoms with Crippen molar-refractivity contribution in [3.63, 3.8) is 0 Å². The molecule has 5 heteroatoms. The summed E-state index contributed by atoms with van der Waals surface area (Å²) in [7, 11) is 0. The van der Waals surface area contributed by atoms with Gasteiger partial charge in [0.05, 0.1) is 17.8 Å². The number of hydrogen-bond donors (Lipinski definition) is 2. The number of aromatic carboxylic acids is 1. The van der Waals surface area contributed by atoms with Crippen LogP contribution in [0.2, 0.25) is 0 Å². The molecule has 0 aromatic heterocycles. The number of rotatable bonds is 4. The van der Waals surface area contributed by atoms with Gasteiger partial charge >= 0.3 is 5.97 Å². The number of carboxylic acids is 1. The smallest absolute Gasteiger partial charge is 0.335 e. The van der Waals surface area contributed by atoms with Gasteiger partial charge in [0, 0.05) is 17.1 Å². The van der Waals surface area contributed by atoms with Gasteiger partial charge in [-0.1, -0.05) is 22.0 Å². The van der Waals surface area contributed by atoms with Crippen LogP contribution in [-0.4, -0.2) is 29.3 Å². The SMILES string of the molecule is O=C(O)c1ccc(CNC2CC3CCC2O3)c(Br)c1. The Kier molecular flexibility index (Phi) is 3.60. The summed E-state index contributed by atoms with van der Waals surface area (Å²) in [6.07, 6.45) is 4.25. The van der Waals surface area contributed by atoms with E-state index >= 15 is 0 Å². The lowest BCUT2D eigenvalue weighted by Crippen LogP contribution is -2.37. The van der Waals surface area contributed by atoms with Crippen molar-refractivity contribution in [1.82, 2.24) is 5.32 Å². The van der Waals surface area contributed by atoms with Crippen molar-refractivity contribution in [3.05, 3.63) is 33.8 Å². The summed E-state index contributed by atoms with van der Waals surface area (Å²) < 4.78 is 6.64. The van der Waals surface area contributed by atoms with E-state index in [0.29, 0.717) is 23.8 Å². The van der Waals surface area contributed by atoms with E-state index in [1.807, 2.05) is 6.07 Å². The van der Waals surface area contributed by atoms with Crippen LogP contribution >= 0.6 is 15.9 Å². The second-order valence-electron chi connectivity index (χ2n) is 5.21. The summed E-state index contributed by atoms with van der Waals surface area (Å²) >= 11 is 3.43. The van der Waals surface area contributed by atoms with E-state index in [4.69, 9.17) is 9.84 Å². The third kappa shape index (κ3) is 2.68. The molecule has 3 atom stereocenters. The molecule has 102 valence electrons. The van der Waals surface area contributed by atoms with Gasteiger partial charge in [0.1, 0.15) is 0 Å². The van der Waals surface area contributed by atoms with E-state index in [2.05, 4.69) is 21.2 Å². The second-order valence-corrected chi connectivity index (χ2v) is 6.06. The average molecular weight is 326 g/mol. The first-order chi connectivity index (χ1) is 9.13. The van der Waals surface area contributed by atoms with E-state index in [9.17, 15) is 4.79 Å². The Morgan fingerprint density at radius 2 is 2.32 bits per heavy atom. The van der Waals surface area contributed by atoms with Crippen LogP contribution in [0.4, 0.5) is 0 Å². The van der Waals surface area contributed by atoms with Crippen LogP contribution in [0.5, 0.6) is 0 Å². The molecule has 2 saturated heterocycles. The minimum Gasteiger partial charge on any atom is -0.478 e. The van der Waals surface area contributed by atoms with Crippen molar-refractivity contribution < 1.29 is 14.6 Å². The molecule has 3 rings (SSSR count). The lowest BCUT2D eigenvalue weighted by Gasteiger charge is -2.20. The van der Waals surface area contributed by atoms with E-state index in [1.165, 1.54) is 6.42 Å². The molecule has 0 saturated carbocycles. The summed E-state index contributed by atoms with van der Waals surface area (Å²) in [6, 6.07) is 5.58. The fourth-order valence-corrected chi connectivity index (χ4v) is 3.44. The minimum absolute atomic E-state index is 0.305. The first kappa shape index (κ1) is 13.1. The van der Waals surface area contributed by atoms with Crippen LogP contribution in [-0.2, 0) is 11.3 Å². The standard InChI is InChI=1S/C14H16BrNO3/c15-11-5-8(14(17)18)1-2-9(11)7-16-12-6-10-3-4-13(12)19-10/h1-2,5,10,12-13,16H,3-4,6-7H2,(H,17,18). The Labute approximate surface area is 120 Å². The number of benzene rings is 1. The molecule has 2 aliphatic rings. The zero-order valence-corrected chi connectivity index (χ0v) is 12.0. The Bertz CT molecular complexity index is 505. The van der Waals surface area contributed by atoms with Crippen molar-refractivity contribution >= 4 is 21.9 Å². The monoisotopic (exact) mass is 325 g/mol. The second kappa shape index (κ2) is 5.23. The maximum atomic E-state index is 10.9. The van der Waals surface area contributed by atoms with Crippen LogP contribution in [0, 0.1) is 0 Å². The maximum absolute atomic E-state index is 10.9. The third-order valence-electron chi connectivity index (χ3n) is 3.96. The molecular weight excluding hydrogens is 310 g/mol. The molecule has 2 bridgehead atoms. The number of halogens is 1. The molecule has 2 fully saturated rings. The quantitative estimate of drug-likeness (QED) is 0.893. The van der Waals surface area contributed by atoms with Crippen molar-refractivity contribution in [2.45, 2.75) is 44.1 Å². The van der Waals surface area contributed by atoms with Crippen LogP contribution in [0.15, 0.2) is 22.7 Å². The number of nitrogens with one attached hydrogen (secondary N) is 1. The summed E-state index contributed by atoms with van der Waals surface area (Å²) in [5.41, 5.74) is 1.38. The van der Waals surface area contributed by atoms with Crippen molar-refractivity contribution in [1.29, 1.82) is 0 Å². The molecule has 0 spiro atoms. The minimum atomic E-state index is -0.901. The summed E-state index contributed by atoms with van der Waals surface area (Å²) in [5, 5.41) is 12.4. The molecule has 4 nitrogen and oxygen atoms in total. The molecule has 2 N–H and O–H groups in total. The van der Waals surface area contributed by atoms with Gasteiger partial charge in [0.2, 0.25) is 0 Å². The largest absolute Gasteiger partial charge is 0.478 e. The van der Waals surface area contributed by atoms with Crippen molar-refractivity contribution in [2.75, 3.05) is 0 Å². The Balaban J connectivity index is 1.62. The molecule has 1 aromatic rings. The Hall–Kier alpha value is -0.910. The normalized spacial score (nSPS) is 28.8. The van der Waals surface area contributed by atoms with Gasteiger partial charge in [0.25, 0.3) is 0 Å². The molecule has 0 aliphatic carbocycles. The molecular formula is C14H16BrNO3. The zero-order chi connectivity index (χ0) is 13.4. The molecule has 2 aliphatic heterocycles. The number of carboxylic acid groups (broad SMARTS) is 1. The zero-order valence-electron chi connectivity index (χ0n) is 10.4. The van der Waals surface area contributed by atoms with E-state index in [-0.39, 0.29) is 0 Å². The van der Waals surface area contributed by atoms with Crippen molar-refractivity contribution in [3.8, 4) is 0 Å². The number of hydrogen-bond acceptors (Lipinski definition) is 3. The van der Waals surface area contributed by atoms with Gasteiger partial charge in [-0.25, -0.2) is 4.79 Å². The van der Waals surface area contributed by atoms with Gasteiger partial charge in [0.15, 0.2) is 0 Å². The Morgan fingerprint density at radius 1 is 1.47 bits per heavy atom. The van der Waals surface area contributed by atoms with Crippen LogP contribution in [0.3, 0.4) is 0 Å². The van der Waals surface area contributed by atoms with Crippen LogP contribution in [0.1, 0.15) is 35.2 Å². The highest BCUT2D eigenvalue weighted by atomic mass is 79.9. The topological polar surface area (TPSA) is 58.6 Å². The first-order valence-corrected chi connectivity index (χ1v) is 7.33. The van der Waals surface area contributed by atoms with E-state index in [1.54, 1.807) is 12.1 Å². The lowest BCUT2D eigenvalue weighted by molar-refractivity contribution is 0.0696. The van der Waals surface area contributed by atoms with E-state index < -0.39 is 5.97 Å². The predicted octanol–water partition coefficient (Wildman–Crippen LogP) is 2.56. The fraction of sp³-hybridized carbons (Fsp3) is 0.500. The highest BCUT2D eigenvalue weighted by molar-refractivity contribution is 9.10. The van der Waals surface area contributed by atoms with Gasteiger partial charge in [-0.15, -0.1) is 0 Å². The van der Waals surface area contributed by atoms with Gasteiger partial charge in [-0.3, -0.25) is 0 Å². The highest BCUT2D eigenvalue weighted by Crippen LogP contribution is 2.34. The van der Waals surface area contributed by atoms with Crippen molar-refractivity contribution in [2.24, 2.45) is 0 Å². The summed E-state index contributed by atoms with van der Waals surface area (Å²) in [5.74, 6) is -0.901. The lowest BCUT2D eigenvalue weighted by atomic mass is 9.95. The molecule has 0 amide bonds. The first-order valence-electron chi connectivity index (χ1n) is 6.54. The average Bonchev–Trinajstić information content (AvgIpc) is 2.99. The fourth-order valence-electron chi connectivity index (χ4n) is 2.92. The maximum Gasteiger partial charge on any atom is 0.335 e. The molecule has 0 radical (unpaired) electrons. The number of fused-ring (bicyclic) bond motifs is 2. The van der Waals surface area contributed by atoms with Crippen LogP contribution < -0.4 is 5.32 Å². The van der Waals surface area contributed by atoms with Gasteiger partial charge in [-0.05, 0) is 37.0 Å². The third-order valence-corrected chi connectivity index (χ3v) is 4.70. The predicted molar refractivity (Wildman–Crippen MR) is 74.2 cm³/mol. The highest BCUT2D eigenvalue weighted by Gasteiger charge is 2.40. The molecule has 19 heavy (non-hydrogen) atoms. The van der Waals surface area contributed by atoms with Crippen LogP contribution in [0.25, 0.3) is 0 Å². The molecule has 2 heterocycles. The van der Waals surface area contributed by atoms with Gasteiger partial charge < -0.3 is 15.2 Å². The number of ether oxygens (including phenoxy) is 1. The van der Waals surface area contributed by atoms with E-state index in [0.717, 1.165) is 29.4 Å². The molecule has 3 unspecified atom stereocenters. The Morgan fingerprint density at radius 3 is 2.89 bits per heavy atom. The number of carbonyl (C=O) groups is 1. The van der Waals surface area contributed by atoms with Gasteiger partial charge in [-0.2, -0.15) is 0 Å². The molecule has 1 aromatic carbocycles.